The molecule has 1 aliphatic rings. The van der Waals surface area contributed by atoms with E-state index in [2.05, 4.69) is 31.9 Å². The van der Waals surface area contributed by atoms with E-state index in [1.807, 2.05) is 12.1 Å². The molecule has 80 valence electrons. The van der Waals surface area contributed by atoms with Crippen molar-refractivity contribution in [1.29, 1.82) is 0 Å². The zero-order valence-corrected chi connectivity index (χ0v) is 11.1. The molecule has 2 rings (SSSR count). The van der Waals surface area contributed by atoms with Gasteiger partial charge in [0.05, 0.1) is 12.2 Å². The number of carbonyl (C=O) groups is 1. The minimum absolute atomic E-state index is 0.0308. The Hall–Kier alpha value is -0.390. The highest BCUT2D eigenvalue weighted by atomic mass is 79.9. The summed E-state index contributed by atoms with van der Waals surface area (Å²) in [5.41, 5.74) is 7.52. The number of hydrogen-bond acceptors (Lipinski definition) is 2. The van der Waals surface area contributed by atoms with E-state index in [4.69, 9.17) is 5.73 Å². The van der Waals surface area contributed by atoms with Gasteiger partial charge < -0.3 is 10.6 Å². The van der Waals surface area contributed by atoms with Crippen LogP contribution in [0.3, 0.4) is 0 Å². The molecule has 0 unspecified atom stereocenters. The monoisotopic (exact) mass is 332 g/mol. The van der Waals surface area contributed by atoms with Gasteiger partial charge in [-0.2, -0.15) is 0 Å². The maximum Gasteiger partial charge on any atom is 0.240 e. The van der Waals surface area contributed by atoms with Crippen LogP contribution in [0.5, 0.6) is 0 Å². The van der Waals surface area contributed by atoms with E-state index in [-0.39, 0.29) is 12.5 Å². The summed E-state index contributed by atoms with van der Waals surface area (Å²) in [4.78, 5) is 13.3. The van der Waals surface area contributed by atoms with E-state index in [0.717, 1.165) is 27.6 Å². The first-order valence-electron chi connectivity index (χ1n) is 4.62. The fourth-order valence-corrected chi connectivity index (χ4v) is 3.34. The second kappa shape index (κ2) is 4.23. The first-order chi connectivity index (χ1) is 7.13. The summed E-state index contributed by atoms with van der Waals surface area (Å²) in [6.45, 7) is 0.780. The lowest BCUT2D eigenvalue weighted by molar-refractivity contribution is -0.117. The summed E-state index contributed by atoms with van der Waals surface area (Å²) in [5, 5.41) is 0. The van der Waals surface area contributed by atoms with Gasteiger partial charge in [-0.05, 0) is 40.0 Å². The molecule has 0 atom stereocenters. The molecule has 0 aliphatic carbocycles. The molecule has 0 saturated carbocycles. The summed E-state index contributed by atoms with van der Waals surface area (Å²) in [6.07, 6.45) is 0.888. The lowest BCUT2D eigenvalue weighted by Gasteiger charge is -2.17. The molecule has 1 heterocycles. The van der Waals surface area contributed by atoms with E-state index in [1.54, 1.807) is 4.90 Å². The van der Waals surface area contributed by atoms with E-state index >= 15 is 0 Å². The van der Waals surface area contributed by atoms with Gasteiger partial charge in [-0.1, -0.05) is 15.9 Å². The second-order valence-corrected chi connectivity index (χ2v) is 5.16. The predicted octanol–water partition coefficient (Wildman–Crippen LogP) is 2.06. The van der Waals surface area contributed by atoms with Gasteiger partial charge in [0.1, 0.15) is 0 Å². The Morgan fingerprint density at radius 3 is 2.87 bits per heavy atom. The fourth-order valence-electron chi connectivity index (χ4n) is 1.82. The summed E-state index contributed by atoms with van der Waals surface area (Å²) in [7, 11) is 0. The van der Waals surface area contributed by atoms with E-state index < -0.39 is 0 Å². The summed E-state index contributed by atoms with van der Waals surface area (Å²) in [6, 6.07) is 3.99. The molecule has 1 amide bonds. The van der Waals surface area contributed by atoms with Crippen LogP contribution >= 0.6 is 31.9 Å². The van der Waals surface area contributed by atoms with Crippen molar-refractivity contribution in [2.24, 2.45) is 5.73 Å². The Bertz CT molecular complexity index is 420. The normalized spacial score (nSPS) is 14.2. The van der Waals surface area contributed by atoms with Crippen molar-refractivity contribution in [3.8, 4) is 0 Å². The topological polar surface area (TPSA) is 46.3 Å². The molecule has 2 N–H and O–H groups in total. The molecular formula is C10H10Br2N2O. The molecule has 3 nitrogen and oxygen atoms in total. The third-order valence-corrected chi connectivity index (χ3v) is 3.52. The maximum absolute atomic E-state index is 11.6. The van der Waals surface area contributed by atoms with Gasteiger partial charge in [-0.15, -0.1) is 0 Å². The number of nitrogens with zero attached hydrogens (tertiary/aromatic N) is 1. The molecule has 0 radical (unpaired) electrons. The Morgan fingerprint density at radius 2 is 2.20 bits per heavy atom. The number of halogens is 2. The maximum atomic E-state index is 11.6. The lowest BCUT2D eigenvalue weighted by Crippen LogP contribution is -2.34. The highest BCUT2D eigenvalue weighted by Crippen LogP contribution is 2.37. The number of hydrogen-bond donors (Lipinski definition) is 1. The van der Waals surface area contributed by atoms with Crippen molar-refractivity contribution in [1.82, 2.24) is 0 Å². The molecule has 0 aromatic heterocycles. The van der Waals surface area contributed by atoms with Gasteiger partial charge in [0, 0.05) is 15.5 Å². The van der Waals surface area contributed by atoms with Crippen molar-refractivity contribution in [3.63, 3.8) is 0 Å². The van der Waals surface area contributed by atoms with Crippen LogP contribution in [0.2, 0.25) is 0 Å². The summed E-state index contributed by atoms with van der Waals surface area (Å²) < 4.78 is 1.96. The molecular weight excluding hydrogens is 324 g/mol. The van der Waals surface area contributed by atoms with Gasteiger partial charge in [0.15, 0.2) is 0 Å². The number of fused-ring (bicyclic) bond motifs is 1. The van der Waals surface area contributed by atoms with Gasteiger partial charge in [0.2, 0.25) is 5.91 Å². The van der Waals surface area contributed by atoms with Crippen LogP contribution < -0.4 is 10.6 Å². The quantitative estimate of drug-likeness (QED) is 0.855. The lowest BCUT2D eigenvalue weighted by atomic mass is 10.2. The van der Waals surface area contributed by atoms with Crippen molar-refractivity contribution < 1.29 is 4.79 Å². The number of nitrogens with two attached hydrogens (primary N) is 1. The molecule has 15 heavy (non-hydrogen) atoms. The molecule has 1 aromatic carbocycles. The summed E-state index contributed by atoms with van der Waals surface area (Å²) >= 11 is 6.90. The van der Waals surface area contributed by atoms with Crippen LogP contribution in [0.4, 0.5) is 5.69 Å². The van der Waals surface area contributed by atoms with E-state index in [1.165, 1.54) is 5.56 Å². The Balaban J connectivity index is 2.46. The number of rotatable bonds is 1. The smallest absolute Gasteiger partial charge is 0.240 e. The highest BCUT2D eigenvalue weighted by Gasteiger charge is 2.26. The Kier molecular flexibility index (Phi) is 3.13. The van der Waals surface area contributed by atoms with E-state index in [9.17, 15) is 4.79 Å². The molecule has 1 aromatic rings. The molecule has 0 fully saturated rings. The largest absolute Gasteiger partial charge is 0.322 e. The van der Waals surface area contributed by atoms with Crippen molar-refractivity contribution in [2.45, 2.75) is 6.42 Å². The predicted molar refractivity (Wildman–Crippen MR) is 67.0 cm³/mol. The van der Waals surface area contributed by atoms with E-state index in [0.29, 0.717) is 0 Å². The Labute approximate surface area is 105 Å². The van der Waals surface area contributed by atoms with Crippen molar-refractivity contribution in [2.75, 3.05) is 18.0 Å². The zero-order chi connectivity index (χ0) is 11.0. The van der Waals surface area contributed by atoms with Crippen LogP contribution in [-0.2, 0) is 11.2 Å². The fraction of sp³-hybridized carbons (Fsp3) is 0.300. The molecule has 1 aliphatic heterocycles. The van der Waals surface area contributed by atoms with Gasteiger partial charge in [-0.25, -0.2) is 0 Å². The average molecular weight is 334 g/mol. The third kappa shape index (κ3) is 1.96. The molecule has 0 bridgehead atoms. The van der Waals surface area contributed by atoms with Crippen molar-refractivity contribution in [3.05, 3.63) is 26.6 Å². The van der Waals surface area contributed by atoms with Crippen molar-refractivity contribution >= 4 is 43.5 Å². The first kappa shape index (κ1) is 11.1. The van der Waals surface area contributed by atoms with Gasteiger partial charge >= 0.3 is 0 Å². The SMILES string of the molecule is NCC(=O)N1CCc2cc(Br)cc(Br)c21. The number of benzene rings is 1. The summed E-state index contributed by atoms with van der Waals surface area (Å²) in [5.74, 6) is -0.0308. The first-order valence-corrected chi connectivity index (χ1v) is 6.20. The molecule has 0 saturated heterocycles. The number of anilines is 1. The third-order valence-electron chi connectivity index (χ3n) is 2.46. The average Bonchev–Trinajstić information content (AvgIpc) is 2.60. The number of carbonyl (C=O) groups excluding carboxylic acids is 1. The minimum atomic E-state index is -0.0308. The standard InChI is InChI=1S/C10H10Br2N2O/c11-7-3-6-1-2-14(9(15)5-13)10(6)8(12)4-7/h3-4H,1-2,5,13H2. The zero-order valence-electron chi connectivity index (χ0n) is 7.96. The molecule has 0 spiro atoms. The highest BCUT2D eigenvalue weighted by molar-refractivity contribution is 9.11. The van der Waals surface area contributed by atoms with Gasteiger partial charge in [0.25, 0.3) is 0 Å². The second-order valence-electron chi connectivity index (χ2n) is 3.39. The van der Waals surface area contributed by atoms with Gasteiger partial charge in [-0.3, -0.25) is 4.79 Å². The Morgan fingerprint density at radius 1 is 1.47 bits per heavy atom. The van der Waals surface area contributed by atoms with Crippen LogP contribution in [0.1, 0.15) is 5.56 Å². The van der Waals surface area contributed by atoms with Crippen LogP contribution in [0, 0.1) is 0 Å². The number of amides is 1. The van der Waals surface area contributed by atoms with Crippen LogP contribution in [0.25, 0.3) is 0 Å². The minimum Gasteiger partial charge on any atom is -0.322 e. The van der Waals surface area contributed by atoms with Crippen LogP contribution in [0.15, 0.2) is 21.1 Å². The molecule has 5 heteroatoms. The van der Waals surface area contributed by atoms with Crippen LogP contribution in [-0.4, -0.2) is 19.0 Å².